The van der Waals surface area contributed by atoms with Gasteiger partial charge in [0.1, 0.15) is 0 Å². The Morgan fingerprint density at radius 2 is 2.17 bits per heavy atom. The van der Waals surface area contributed by atoms with Crippen molar-refractivity contribution >= 4 is 10.9 Å². The molecule has 3 aromatic rings. The van der Waals surface area contributed by atoms with Gasteiger partial charge in [0.15, 0.2) is 0 Å². The van der Waals surface area contributed by atoms with Crippen LogP contribution in [0, 0.1) is 0 Å². The Labute approximate surface area is 105 Å². The fraction of sp³-hybridized carbons (Fsp3) is 0.143. The summed E-state index contributed by atoms with van der Waals surface area (Å²) in [7, 11) is 1.95. The molecular formula is C14H14N4. The molecule has 0 saturated carbocycles. The highest BCUT2D eigenvalue weighted by Crippen LogP contribution is 2.22. The molecule has 90 valence electrons. The molecule has 0 amide bonds. The van der Waals surface area contributed by atoms with E-state index < -0.39 is 0 Å². The number of nitrogens with two attached hydrogens (primary N) is 1. The van der Waals surface area contributed by atoms with Gasteiger partial charge >= 0.3 is 0 Å². The van der Waals surface area contributed by atoms with E-state index in [1.807, 2.05) is 41.9 Å². The number of imidazole rings is 1. The maximum absolute atomic E-state index is 6.26. The van der Waals surface area contributed by atoms with Gasteiger partial charge in [-0.25, -0.2) is 4.98 Å². The second kappa shape index (κ2) is 4.23. The van der Waals surface area contributed by atoms with Crippen LogP contribution in [-0.2, 0) is 7.05 Å². The molecule has 0 spiro atoms. The van der Waals surface area contributed by atoms with Crippen molar-refractivity contribution in [2.75, 3.05) is 0 Å². The standard InChI is InChI=1S/C14H14N4/c1-18-9-16-8-13(18)14(15)11-5-4-10-3-2-6-17-12(10)7-11/h2-9,14H,15H2,1H3. The molecule has 4 heteroatoms. The first-order chi connectivity index (χ1) is 8.75. The van der Waals surface area contributed by atoms with Crippen LogP contribution in [0.1, 0.15) is 17.3 Å². The third-order valence-electron chi connectivity index (χ3n) is 3.16. The summed E-state index contributed by atoms with van der Waals surface area (Å²) in [6.07, 6.45) is 5.35. The fourth-order valence-corrected chi connectivity index (χ4v) is 2.11. The van der Waals surface area contributed by atoms with Crippen molar-refractivity contribution in [3.63, 3.8) is 0 Å². The van der Waals surface area contributed by atoms with Crippen LogP contribution in [0.5, 0.6) is 0 Å². The van der Waals surface area contributed by atoms with Crippen LogP contribution in [0.15, 0.2) is 49.1 Å². The summed E-state index contributed by atoms with van der Waals surface area (Å²) in [5.41, 5.74) is 9.27. The number of benzene rings is 1. The van der Waals surface area contributed by atoms with E-state index in [1.54, 1.807) is 18.7 Å². The number of aromatic nitrogens is 3. The zero-order chi connectivity index (χ0) is 12.5. The van der Waals surface area contributed by atoms with Crippen LogP contribution in [0.25, 0.3) is 10.9 Å². The molecule has 18 heavy (non-hydrogen) atoms. The first-order valence-corrected chi connectivity index (χ1v) is 5.82. The summed E-state index contributed by atoms with van der Waals surface area (Å²) in [5, 5.41) is 1.12. The second-order valence-corrected chi connectivity index (χ2v) is 4.36. The highest BCUT2D eigenvalue weighted by molar-refractivity contribution is 5.79. The fourth-order valence-electron chi connectivity index (χ4n) is 2.11. The largest absolute Gasteiger partial charge is 0.336 e. The van der Waals surface area contributed by atoms with Crippen LogP contribution >= 0.6 is 0 Å². The van der Waals surface area contributed by atoms with Gasteiger partial charge in [-0.15, -0.1) is 0 Å². The van der Waals surface area contributed by atoms with Gasteiger partial charge in [-0.3, -0.25) is 4.98 Å². The van der Waals surface area contributed by atoms with E-state index in [9.17, 15) is 0 Å². The average Bonchev–Trinajstić information content (AvgIpc) is 2.83. The lowest BCUT2D eigenvalue weighted by Gasteiger charge is -2.13. The van der Waals surface area contributed by atoms with Crippen molar-refractivity contribution in [3.05, 3.63) is 60.3 Å². The van der Waals surface area contributed by atoms with E-state index >= 15 is 0 Å². The highest BCUT2D eigenvalue weighted by atomic mass is 15.0. The van der Waals surface area contributed by atoms with Crippen molar-refractivity contribution in [2.45, 2.75) is 6.04 Å². The predicted octanol–water partition coefficient (Wildman–Crippen LogP) is 2.02. The third-order valence-corrected chi connectivity index (χ3v) is 3.16. The van der Waals surface area contributed by atoms with E-state index in [1.165, 1.54) is 0 Å². The normalized spacial score (nSPS) is 12.8. The number of rotatable bonds is 2. The second-order valence-electron chi connectivity index (χ2n) is 4.36. The summed E-state index contributed by atoms with van der Waals surface area (Å²) in [5.74, 6) is 0. The number of hydrogen-bond acceptors (Lipinski definition) is 3. The van der Waals surface area contributed by atoms with Crippen LogP contribution in [0.3, 0.4) is 0 Å². The highest BCUT2D eigenvalue weighted by Gasteiger charge is 2.12. The molecule has 1 atom stereocenters. The van der Waals surface area contributed by atoms with Crippen molar-refractivity contribution in [1.82, 2.24) is 14.5 Å². The minimum absolute atomic E-state index is 0.177. The molecule has 1 unspecified atom stereocenters. The molecule has 2 N–H and O–H groups in total. The Balaban J connectivity index is 2.07. The van der Waals surface area contributed by atoms with Crippen LogP contribution in [0.2, 0.25) is 0 Å². The van der Waals surface area contributed by atoms with E-state index in [4.69, 9.17) is 5.73 Å². The van der Waals surface area contributed by atoms with Crippen molar-refractivity contribution in [3.8, 4) is 0 Å². The average molecular weight is 238 g/mol. The van der Waals surface area contributed by atoms with Crippen molar-refractivity contribution < 1.29 is 0 Å². The number of hydrogen-bond donors (Lipinski definition) is 1. The summed E-state index contributed by atoms with van der Waals surface area (Å²) >= 11 is 0. The molecule has 3 rings (SSSR count). The number of pyridine rings is 1. The first kappa shape index (κ1) is 10.9. The number of nitrogens with zero attached hydrogens (tertiary/aromatic N) is 3. The topological polar surface area (TPSA) is 56.7 Å². The van der Waals surface area contributed by atoms with Gasteiger partial charge in [0.2, 0.25) is 0 Å². The number of aryl methyl sites for hydroxylation is 1. The van der Waals surface area contributed by atoms with Gasteiger partial charge in [0.25, 0.3) is 0 Å². The molecule has 0 fully saturated rings. The summed E-state index contributed by atoms with van der Waals surface area (Å²) < 4.78 is 1.94. The maximum Gasteiger partial charge on any atom is 0.0946 e. The van der Waals surface area contributed by atoms with Gasteiger partial charge in [0, 0.05) is 18.6 Å². The minimum Gasteiger partial charge on any atom is -0.336 e. The monoisotopic (exact) mass is 238 g/mol. The molecule has 0 aliphatic carbocycles. The minimum atomic E-state index is -0.177. The lowest BCUT2D eigenvalue weighted by atomic mass is 10.0. The molecule has 0 aliphatic heterocycles. The summed E-state index contributed by atoms with van der Waals surface area (Å²) in [6, 6.07) is 9.93. The van der Waals surface area contributed by atoms with E-state index in [2.05, 4.69) is 9.97 Å². The lowest BCUT2D eigenvalue weighted by Crippen LogP contribution is -2.15. The SMILES string of the molecule is Cn1cncc1C(N)c1ccc2cccnc2c1. The van der Waals surface area contributed by atoms with Crippen LogP contribution in [0.4, 0.5) is 0 Å². The van der Waals surface area contributed by atoms with Gasteiger partial charge in [0.05, 0.1) is 29.8 Å². The van der Waals surface area contributed by atoms with E-state index in [0.29, 0.717) is 0 Å². The molecular weight excluding hydrogens is 224 g/mol. The quantitative estimate of drug-likeness (QED) is 0.743. The Morgan fingerprint density at radius 3 is 2.94 bits per heavy atom. The Hall–Kier alpha value is -2.20. The third kappa shape index (κ3) is 1.76. The Bertz CT molecular complexity index is 687. The molecule has 0 aliphatic rings. The van der Waals surface area contributed by atoms with Gasteiger partial charge in [-0.1, -0.05) is 18.2 Å². The summed E-state index contributed by atoms with van der Waals surface area (Å²) in [4.78, 5) is 8.45. The molecule has 1 aromatic carbocycles. The molecule has 2 heterocycles. The van der Waals surface area contributed by atoms with Crippen molar-refractivity contribution in [1.29, 1.82) is 0 Å². The Kier molecular flexibility index (Phi) is 2.57. The van der Waals surface area contributed by atoms with Crippen LogP contribution in [-0.4, -0.2) is 14.5 Å². The Morgan fingerprint density at radius 1 is 1.28 bits per heavy atom. The van der Waals surface area contributed by atoms with Gasteiger partial charge in [-0.2, -0.15) is 0 Å². The lowest BCUT2D eigenvalue weighted by molar-refractivity contribution is 0.746. The summed E-state index contributed by atoms with van der Waals surface area (Å²) in [6.45, 7) is 0. The van der Waals surface area contributed by atoms with Crippen LogP contribution < -0.4 is 5.73 Å². The van der Waals surface area contributed by atoms with Gasteiger partial charge in [-0.05, 0) is 17.7 Å². The molecule has 0 bridgehead atoms. The smallest absolute Gasteiger partial charge is 0.0946 e. The molecule has 4 nitrogen and oxygen atoms in total. The zero-order valence-corrected chi connectivity index (χ0v) is 10.1. The first-order valence-electron chi connectivity index (χ1n) is 5.82. The molecule has 2 aromatic heterocycles. The van der Waals surface area contributed by atoms with E-state index in [0.717, 1.165) is 22.2 Å². The maximum atomic E-state index is 6.26. The zero-order valence-electron chi connectivity index (χ0n) is 10.1. The molecule has 0 radical (unpaired) electrons. The number of fused-ring (bicyclic) bond motifs is 1. The van der Waals surface area contributed by atoms with Crippen molar-refractivity contribution in [2.24, 2.45) is 12.8 Å². The van der Waals surface area contributed by atoms with Gasteiger partial charge < -0.3 is 10.3 Å². The predicted molar refractivity (Wildman–Crippen MR) is 71.0 cm³/mol. The molecule has 0 saturated heterocycles. The van der Waals surface area contributed by atoms with E-state index in [-0.39, 0.29) is 6.04 Å².